The molecule has 7 nitrogen and oxygen atoms in total. The van der Waals surface area contributed by atoms with Gasteiger partial charge in [-0.3, -0.25) is 14.5 Å². The first kappa shape index (κ1) is 18.8. The SMILES string of the molecule is Cn1nc(C(=O)NC[C@@H](c2cccs2)N2CCOCC2)c2ccccc2c1=O. The Hall–Kier alpha value is -2.55. The Morgan fingerprint density at radius 1 is 1.21 bits per heavy atom. The summed E-state index contributed by atoms with van der Waals surface area (Å²) in [5.41, 5.74) is 0.0570. The van der Waals surface area contributed by atoms with Crippen LogP contribution in [0.1, 0.15) is 21.4 Å². The first-order valence-corrected chi connectivity index (χ1v) is 10.1. The van der Waals surface area contributed by atoms with Crippen molar-refractivity contribution in [1.82, 2.24) is 20.0 Å². The maximum absolute atomic E-state index is 13.0. The number of carbonyl (C=O) groups excluding carboxylic acids is 1. The molecule has 0 radical (unpaired) electrons. The van der Waals surface area contributed by atoms with E-state index in [4.69, 9.17) is 4.74 Å². The van der Waals surface area contributed by atoms with Gasteiger partial charge >= 0.3 is 0 Å². The number of fused-ring (bicyclic) bond motifs is 1. The molecule has 0 unspecified atom stereocenters. The van der Waals surface area contributed by atoms with Crippen LogP contribution in [0.4, 0.5) is 0 Å². The number of morpholine rings is 1. The lowest BCUT2D eigenvalue weighted by molar-refractivity contribution is 0.0169. The van der Waals surface area contributed by atoms with Crippen LogP contribution in [0.15, 0.2) is 46.6 Å². The summed E-state index contributed by atoms with van der Waals surface area (Å²) in [5, 5.41) is 10.4. The zero-order valence-electron chi connectivity index (χ0n) is 15.6. The molecule has 3 heterocycles. The standard InChI is InChI=1S/C20H22N4O3S/c1-23-20(26)15-6-3-2-5-14(15)18(22-23)19(25)21-13-16(17-7-4-12-28-17)24-8-10-27-11-9-24/h2-7,12,16H,8-11,13H2,1H3,(H,21,25)/t16-/m0/s1. The number of aryl methyl sites for hydroxylation is 1. The topological polar surface area (TPSA) is 76.5 Å². The summed E-state index contributed by atoms with van der Waals surface area (Å²) in [6.45, 7) is 3.53. The Morgan fingerprint density at radius 3 is 2.68 bits per heavy atom. The number of hydrogen-bond donors (Lipinski definition) is 1. The quantitative estimate of drug-likeness (QED) is 0.709. The fourth-order valence-electron chi connectivity index (χ4n) is 3.52. The zero-order chi connectivity index (χ0) is 19.5. The first-order chi connectivity index (χ1) is 13.6. The molecule has 3 aromatic rings. The Bertz CT molecular complexity index is 1030. The minimum Gasteiger partial charge on any atom is -0.379 e. The molecule has 1 amide bonds. The normalized spacial score (nSPS) is 16.2. The predicted octanol–water partition coefficient (Wildman–Crippen LogP) is 1.80. The summed E-state index contributed by atoms with van der Waals surface area (Å²) >= 11 is 1.68. The average molecular weight is 398 g/mol. The van der Waals surface area contributed by atoms with E-state index in [2.05, 4.69) is 21.4 Å². The van der Waals surface area contributed by atoms with Gasteiger partial charge in [-0.05, 0) is 17.5 Å². The average Bonchev–Trinajstić information content (AvgIpc) is 3.26. The van der Waals surface area contributed by atoms with E-state index in [1.54, 1.807) is 36.6 Å². The highest BCUT2D eigenvalue weighted by atomic mass is 32.1. The Morgan fingerprint density at radius 2 is 1.96 bits per heavy atom. The largest absolute Gasteiger partial charge is 0.379 e. The number of nitrogens with zero attached hydrogens (tertiary/aromatic N) is 3. The van der Waals surface area contributed by atoms with E-state index >= 15 is 0 Å². The highest BCUT2D eigenvalue weighted by Crippen LogP contribution is 2.25. The molecule has 1 saturated heterocycles. The van der Waals surface area contributed by atoms with Gasteiger partial charge in [-0.1, -0.05) is 24.3 Å². The molecule has 1 N–H and O–H groups in total. The maximum Gasteiger partial charge on any atom is 0.274 e. The van der Waals surface area contributed by atoms with Gasteiger partial charge in [0.05, 0.1) is 24.6 Å². The number of carbonyl (C=O) groups is 1. The van der Waals surface area contributed by atoms with Crippen LogP contribution in [-0.4, -0.2) is 53.4 Å². The molecular formula is C20H22N4O3S. The van der Waals surface area contributed by atoms with Crippen LogP contribution in [0.2, 0.25) is 0 Å². The molecule has 8 heteroatoms. The molecule has 0 bridgehead atoms. The van der Waals surface area contributed by atoms with Crippen molar-refractivity contribution in [2.24, 2.45) is 7.05 Å². The number of hydrogen-bond acceptors (Lipinski definition) is 6. The molecule has 28 heavy (non-hydrogen) atoms. The van der Waals surface area contributed by atoms with Crippen molar-refractivity contribution in [3.63, 3.8) is 0 Å². The third kappa shape index (κ3) is 3.71. The molecule has 1 atom stereocenters. The van der Waals surface area contributed by atoms with E-state index in [-0.39, 0.29) is 23.2 Å². The Balaban J connectivity index is 1.58. The smallest absolute Gasteiger partial charge is 0.274 e. The van der Waals surface area contributed by atoms with E-state index in [9.17, 15) is 9.59 Å². The first-order valence-electron chi connectivity index (χ1n) is 9.24. The van der Waals surface area contributed by atoms with Gasteiger partial charge < -0.3 is 10.1 Å². The van der Waals surface area contributed by atoms with Gasteiger partial charge in [0, 0.05) is 36.9 Å². The molecule has 2 aromatic heterocycles. The second kappa shape index (κ2) is 8.22. The molecular weight excluding hydrogens is 376 g/mol. The summed E-state index contributed by atoms with van der Waals surface area (Å²) < 4.78 is 6.68. The monoisotopic (exact) mass is 398 g/mol. The predicted molar refractivity (Wildman–Crippen MR) is 109 cm³/mol. The summed E-state index contributed by atoms with van der Waals surface area (Å²) in [7, 11) is 1.56. The van der Waals surface area contributed by atoms with Crippen LogP contribution in [-0.2, 0) is 11.8 Å². The van der Waals surface area contributed by atoms with E-state index < -0.39 is 0 Å². The summed E-state index contributed by atoms with van der Waals surface area (Å²) in [6, 6.07) is 11.3. The number of nitrogens with one attached hydrogen (secondary N) is 1. The van der Waals surface area contributed by atoms with Crippen molar-refractivity contribution >= 4 is 28.0 Å². The van der Waals surface area contributed by atoms with E-state index in [1.807, 2.05) is 17.5 Å². The van der Waals surface area contributed by atoms with Crippen molar-refractivity contribution in [3.05, 3.63) is 62.7 Å². The third-order valence-electron chi connectivity index (χ3n) is 4.99. The van der Waals surface area contributed by atoms with Crippen molar-refractivity contribution < 1.29 is 9.53 Å². The van der Waals surface area contributed by atoms with Crippen LogP contribution in [0.5, 0.6) is 0 Å². The second-order valence-electron chi connectivity index (χ2n) is 6.71. The minimum absolute atomic E-state index is 0.0895. The lowest BCUT2D eigenvalue weighted by atomic mass is 10.1. The molecule has 4 rings (SSSR count). The molecule has 1 aromatic carbocycles. The van der Waals surface area contributed by atoms with Crippen molar-refractivity contribution in [2.75, 3.05) is 32.8 Å². The Kier molecular flexibility index (Phi) is 5.52. The van der Waals surface area contributed by atoms with Crippen LogP contribution in [0.3, 0.4) is 0 Å². The van der Waals surface area contributed by atoms with Gasteiger partial charge in [0.1, 0.15) is 0 Å². The van der Waals surface area contributed by atoms with E-state index in [0.29, 0.717) is 30.5 Å². The molecule has 0 saturated carbocycles. The number of ether oxygens (including phenoxy) is 1. The van der Waals surface area contributed by atoms with Gasteiger partial charge in [-0.15, -0.1) is 11.3 Å². The fraction of sp³-hybridized carbons (Fsp3) is 0.350. The second-order valence-corrected chi connectivity index (χ2v) is 7.69. The number of rotatable bonds is 5. The minimum atomic E-state index is -0.276. The van der Waals surface area contributed by atoms with E-state index in [1.165, 1.54) is 9.56 Å². The highest BCUT2D eigenvalue weighted by Gasteiger charge is 2.25. The van der Waals surface area contributed by atoms with Crippen LogP contribution in [0.25, 0.3) is 10.8 Å². The lowest BCUT2D eigenvalue weighted by Crippen LogP contribution is -2.43. The third-order valence-corrected chi connectivity index (χ3v) is 5.96. The van der Waals surface area contributed by atoms with Gasteiger partial charge in [0.2, 0.25) is 0 Å². The van der Waals surface area contributed by atoms with Gasteiger partial charge in [-0.2, -0.15) is 5.10 Å². The lowest BCUT2D eigenvalue weighted by Gasteiger charge is -2.34. The number of thiophene rings is 1. The number of benzene rings is 1. The molecule has 1 aliphatic heterocycles. The van der Waals surface area contributed by atoms with Crippen molar-refractivity contribution in [3.8, 4) is 0 Å². The molecule has 1 aliphatic rings. The maximum atomic E-state index is 13.0. The van der Waals surface area contributed by atoms with E-state index in [0.717, 1.165) is 13.1 Å². The van der Waals surface area contributed by atoms with Crippen LogP contribution in [0, 0.1) is 0 Å². The Labute approximate surface area is 166 Å². The molecule has 146 valence electrons. The highest BCUT2D eigenvalue weighted by molar-refractivity contribution is 7.10. The van der Waals surface area contributed by atoms with Gasteiger partial charge in [0.25, 0.3) is 11.5 Å². The zero-order valence-corrected chi connectivity index (χ0v) is 16.4. The summed E-state index contributed by atoms with van der Waals surface area (Å²) in [5.74, 6) is -0.276. The molecule has 1 fully saturated rings. The van der Waals surface area contributed by atoms with Crippen LogP contribution < -0.4 is 10.9 Å². The summed E-state index contributed by atoms with van der Waals surface area (Å²) in [6.07, 6.45) is 0. The number of amides is 1. The van der Waals surface area contributed by atoms with Crippen LogP contribution >= 0.6 is 11.3 Å². The fourth-order valence-corrected chi connectivity index (χ4v) is 4.38. The molecule has 0 spiro atoms. The van der Waals surface area contributed by atoms with Gasteiger partial charge in [0.15, 0.2) is 5.69 Å². The van der Waals surface area contributed by atoms with Crippen molar-refractivity contribution in [2.45, 2.75) is 6.04 Å². The van der Waals surface area contributed by atoms with Gasteiger partial charge in [-0.25, -0.2) is 4.68 Å². The molecule has 0 aliphatic carbocycles. The van der Waals surface area contributed by atoms with Crippen molar-refractivity contribution in [1.29, 1.82) is 0 Å². The summed E-state index contributed by atoms with van der Waals surface area (Å²) in [4.78, 5) is 28.8. The number of aromatic nitrogens is 2.